The number of carbonyl (C=O) groups is 3. The molecule has 1 aliphatic heterocycles. The highest BCUT2D eigenvalue weighted by Crippen LogP contribution is 2.18. The number of hydrogen-bond donors (Lipinski definition) is 1. The van der Waals surface area contributed by atoms with Crippen LogP contribution in [0.5, 0.6) is 5.75 Å². The zero-order valence-corrected chi connectivity index (χ0v) is 16.0. The molecule has 1 saturated heterocycles. The van der Waals surface area contributed by atoms with Crippen molar-refractivity contribution in [1.82, 2.24) is 10.2 Å². The first-order valence-corrected chi connectivity index (χ1v) is 9.56. The molecular weight excluding hydrogens is 364 g/mol. The van der Waals surface area contributed by atoms with Gasteiger partial charge < -0.3 is 24.4 Å². The summed E-state index contributed by atoms with van der Waals surface area (Å²) in [4.78, 5) is 37.1. The highest BCUT2D eigenvalue weighted by atomic mass is 16.5. The van der Waals surface area contributed by atoms with Crippen molar-refractivity contribution in [2.24, 2.45) is 0 Å². The average Bonchev–Trinajstić information content (AvgIpc) is 3.34. The maximum atomic E-state index is 12.1. The number of ether oxygens (including phenoxy) is 3. The van der Waals surface area contributed by atoms with Gasteiger partial charge in [-0.2, -0.15) is 0 Å². The Bertz CT molecular complexity index is 695. The zero-order valence-electron chi connectivity index (χ0n) is 16.0. The molecule has 2 aliphatic rings. The van der Waals surface area contributed by atoms with Gasteiger partial charge in [-0.15, -0.1) is 0 Å². The van der Waals surface area contributed by atoms with Crippen LogP contribution in [0.4, 0.5) is 0 Å². The van der Waals surface area contributed by atoms with Crippen molar-refractivity contribution in [3.8, 4) is 5.75 Å². The van der Waals surface area contributed by atoms with Gasteiger partial charge in [0.15, 0.2) is 6.61 Å². The second-order valence-corrected chi connectivity index (χ2v) is 7.14. The molecule has 8 nitrogen and oxygen atoms in total. The Kier molecular flexibility index (Phi) is 6.86. The first-order valence-electron chi connectivity index (χ1n) is 9.56. The van der Waals surface area contributed by atoms with Crippen LogP contribution in [0.25, 0.3) is 0 Å². The predicted octanol–water partition coefficient (Wildman–Crippen LogP) is 1.14. The number of nitrogens with zero attached hydrogens (tertiary/aromatic N) is 1. The number of carbonyl (C=O) groups excluding carboxylic acids is 3. The lowest BCUT2D eigenvalue weighted by Gasteiger charge is -2.16. The molecule has 1 N–H and O–H groups in total. The Morgan fingerprint density at radius 2 is 1.93 bits per heavy atom. The minimum absolute atomic E-state index is 0.0520. The van der Waals surface area contributed by atoms with Crippen molar-refractivity contribution < 1.29 is 28.6 Å². The van der Waals surface area contributed by atoms with Gasteiger partial charge in [0.25, 0.3) is 5.91 Å². The maximum absolute atomic E-state index is 12.1. The van der Waals surface area contributed by atoms with E-state index in [-0.39, 0.29) is 24.6 Å². The SMILES string of the molecule is CN(CC(=O)NC1CC1)C(=O)COC(=O)c1ccc(OC[C@H]2CCCO2)cc1. The number of amides is 2. The van der Waals surface area contributed by atoms with E-state index in [9.17, 15) is 14.4 Å². The van der Waals surface area contributed by atoms with Crippen LogP contribution in [0.1, 0.15) is 36.0 Å². The summed E-state index contributed by atoms with van der Waals surface area (Å²) in [6.45, 7) is 0.795. The number of rotatable bonds is 9. The van der Waals surface area contributed by atoms with Crippen LogP contribution in [0, 0.1) is 0 Å². The van der Waals surface area contributed by atoms with Crippen LogP contribution in [-0.4, -0.2) is 68.2 Å². The van der Waals surface area contributed by atoms with Crippen molar-refractivity contribution in [2.45, 2.75) is 37.8 Å². The van der Waals surface area contributed by atoms with Crippen LogP contribution in [0.2, 0.25) is 0 Å². The molecular formula is C20H26N2O6. The lowest BCUT2D eigenvalue weighted by Crippen LogP contribution is -2.40. The predicted molar refractivity (Wildman–Crippen MR) is 100.0 cm³/mol. The van der Waals surface area contributed by atoms with Crippen molar-refractivity contribution >= 4 is 17.8 Å². The normalized spacial score (nSPS) is 18.4. The van der Waals surface area contributed by atoms with Gasteiger partial charge in [-0.1, -0.05) is 0 Å². The molecule has 3 rings (SSSR count). The van der Waals surface area contributed by atoms with Crippen LogP contribution < -0.4 is 10.1 Å². The van der Waals surface area contributed by atoms with Gasteiger partial charge in [0, 0.05) is 19.7 Å². The first kappa shape index (κ1) is 20.1. The molecule has 1 atom stereocenters. The van der Waals surface area contributed by atoms with Gasteiger partial charge >= 0.3 is 5.97 Å². The fourth-order valence-corrected chi connectivity index (χ4v) is 2.78. The molecule has 0 bridgehead atoms. The molecule has 28 heavy (non-hydrogen) atoms. The van der Waals surface area contributed by atoms with Crippen molar-refractivity contribution in [3.63, 3.8) is 0 Å². The molecule has 1 heterocycles. The van der Waals surface area contributed by atoms with Crippen LogP contribution in [0.3, 0.4) is 0 Å². The van der Waals surface area contributed by atoms with E-state index < -0.39 is 18.5 Å². The van der Waals surface area contributed by atoms with E-state index in [2.05, 4.69) is 5.32 Å². The van der Waals surface area contributed by atoms with Gasteiger partial charge in [0.1, 0.15) is 12.4 Å². The Morgan fingerprint density at radius 3 is 2.57 bits per heavy atom. The van der Waals surface area contributed by atoms with Gasteiger partial charge in [-0.3, -0.25) is 9.59 Å². The lowest BCUT2D eigenvalue weighted by atomic mass is 10.2. The molecule has 1 aromatic rings. The van der Waals surface area contributed by atoms with E-state index in [1.54, 1.807) is 24.3 Å². The number of esters is 1. The van der Waals surface area contributed by atoms with Crippen LogP contribution in [0.15, 0.2) is 24.3 Å². The molecule has 0 unspecified atom stereocenters. The highest BCUT2D eigenvalue weighted by Gasteiger charge is 2.24. The molecule has 8 heteroatoms. The largest absolute Gasteiger partial charge is 0.491 e. The highest BCUT2D eigenvalue weighted by molar-refractivity contribution is 5.92. The summed E-state index contributed by atoms with van der Waals surface area (Å²) in [5, 5.41) is 2.80. The van der Waals surface area contributed by atoms with Crippen molar-refractivity contribution in [1.29, 1.82) is 0 Å². The van der Waals surface area contributed by atoms with E-state index in [1.165, 1.54) is 11.9 Å². The minimum Gasteiger partial charge on any atom is -0.491 e. The summed E-state index contributed by atoms with van der Waals surface area (Å²) in [7, 11) is 1.50. The first-order chi connectivity index (χ1) is 13.5. The summed E-state index contributed by atoms with van der Waals surface area (Å²) in [5.41, 5.74) is 0.325. The fourth-order valence-electron chi connectivity index (χ4n) is 2.78. The van der Waals surface area contributed by atoms with Gasteiger partial charge in [0.05, 0.1) is 18.2 Å². The monoisotopic (exact) mass is 390 g/mol. The molecule has 2 fully saturated rings. The summed E-state index contributed by atoms with van der Waals surface area (Å²) < 4.78 is 16.2. The quantitative estimate of drug-likeness (QED) is 0.636. The molecule has 0 spiro atoms. The molecule has 152 valence electrons. The Labute approximate surface area is 164 Å². The molecule has 1 aromatic carbocycles. The summed E-state index contributed by atoms with van der Waals surface area (Å²) in [6, 6.07) is 6.78. The Balaban J connectivity index is 1.38. The standard InChI is InChI=1S/C20H26N2O6/c1-22(11-18(23)21-15-6-7-15)19(24)13-28-20(25)14-4-8-16(9-5-14)27-12-17-3-2-10-26-17/h4-5,8-9,15,17H,2-3,6-7,10-13H2,1H3,(H,21,23)/t17-/m1/s1. The third-order valence-corrected chi connectivity index (χ3v) is 4.63. The summed E-state index contributed by atoms with van der Waals surface area (Å²) in [5.74, 6) is -0.599. The van der Waals surface area contributed by atoms with Gasteiger partial charge in [-0.05, 0) is 49.9 Å². The fraction of sp³-hybridized carbons (Fsp3) is 0.550. The van der Waals surface area contributed by atoms with E-state index in [0.29, 0.717) is 17.9 Å². The molecule has 1 aliphatic carbocycles. The third kappa shape index (κ3) is 6.23. The summed E-state index contributed by atoms with van der Waals surface area (Å²) >= 11 is 0. The molecule has 1 saturated carbocycles. The lowest BCUT2D eigenvalue weighted by molar-refractivity contribution is -0.137. The Morgan fingerprint density at radius 1 is 1.18 bits per heavy atom. The molecule has 2 amide bonds. The maximum Gasteiger partial charge on any atom is 0.338 e. The zero-order chi connectivity index (χ0) is 19.9. The minimum atomic E-state index is -0.602. The van der Waals surface area contributed by atoms with Crippen LogP contribution >= 0.6 is 0 Å². The number of likely N-dealkylation sites (N-methyl/N-ethyl adjacent to an activating group) is 1. The topological polar surface area (TPSA) is 94.2 Å². The molecule has 0 radical (unpaired) electrons. The van der Waals surface area contributed by atoms with E-state index in [4.69, 9.17) is 14.2 Å². The van der Waals surface area contributed by atoms with Crippen LogP contribution in [-0.2, 0) is 19.1 Å². The second-order valence-electron chi connectivity index (χ2n) is 7.14. The number of benzene rings is 1. The van der Waals surface area contributed by atoms with E-state index in [1.807, 2.05) is 0 Å². The smallest absolute Gasteiger partial charge is 0.338 e. The third-order valence-electron chi connectivity index (χ3n) is 4.63. The molecule has 0 aromatic heterocycles. The van der Waals surface area contributed by atoms with E-state index >= 15 is 0 Å². The number of hydrogen-bond acceptors (Lipinski definition) is 6. The van der Waals surface area contributed by atoms with Crippen molar-refractivity contribution in [3.05, 3.63) is 29.8 Å². The van der Waals surface area contributed by atoms with E-state index in [0.717, 1.165) is 32.3 Å². The van der Waals surface area contributed by atoms with Gasteiger partial charge in [-0.25, -0.2) is 4.79 Å². The van der Waals surface area contributed by atoms with Gasteiger partial charge in [0.2, 0.25) is 5.91 Å². The summed E-state index contributed by atoms with van der Waals surface area (Å²) in [6.07, 6.45) is 4.14. The number of nitrogens with one attached hydrogen (secondary N) is 1. The average molecular weight is 390 g/mol. The van der Waals surface area contributed by atoms with Crippen molar-refractivity contribution in [2.75, 3.05) is 33.4 Å². The Hall–Kier alpha value is -2.61. The second kappa shape index (κ2) is 9.54.